The zero-order valence-corrected chi connectivity index (χ0v) is 24.5. The number of hydrogen-bond acceptors (Lipinski definition) is 8. The van der Waals surface area contributed by atoms with Gasteiger partial charge in [0.25, 0.3) is 5.78 Å². The largest absolute Gasteiger partial charge is 0.507 e. The Kier molecular flexibility index (Phi) is 8.22. The number of aliphatic hydroxyl groups is 1. The second-order valence-corrected chi connectivity index (χ2v) is 11.0. The van der Waals surface area contributed by atoms with Gasteiger partial charge in [-0.2, -0.15) is 0 Å². The monoisotopic (exact) mass is 582 g/mol. The van der Waals surface area contributed by atoms with Crippen molar-refractivity contribution in [1.82, 2.24) is 4.98 Å². The average molecular weight is 583 g/mol. The number of hydrogen-bond donors (Lipinski definition) is 1. The van der Waals surface area contributed by atoms with E-state index in [1.165, 1.54) is 4.90 Å². The molecule has 2 heterocycles. The Bertz CT molecular complexity index is 1690. The summed E-state index contributed by atoms with van der Waals surface area (Å²) in [6.07, 6.45) is 0. The maximum atomic E-state index is 13.5. The van der Waals surface area contributed by atoms with E-state index in [4.69, 9.17) is 9.47 Å². The number of carbonyl (C=O) groups excluding carboxylic acids is 3. The highest BCUT2D eigenvalue weighted by molar-refractivity contribution is 7.17. The molecule has 214 valence electrons. The number of benzene rings is 3. The third-order valence-corrected chi connectivity index (χ3v) is 8.04. The molecule has 1 aliphatic heterocycles. The highest BCUT2D eigenvalue weighted by Gasteiger charge is 2.48. The SMILES string of the molecule is CCOC(=O)c1sc(N2C(=O)C(=O)C(=C(O)c3ccc(OCc4cccc(C)c4)cc3)[C@H]2c2ccc(C)cc2)nc1C. The summed E-state index contributed by atoms with van der Waals surface area (Å²) in [6.45, 7) is 7.87. The fourth-order valence-corrected chi connectivity index (χ4v) is 5.79. The number of amides is 1. The van der Waals surface area contributed by atoms with E-state index in [0.29, 0.717) is 29.2 Å². The van der Waals surface area contributed by atoms with E-state index in [0.717, 1.165) is 28.0 Å². The van der Waals surface area contributed by atoms with Crippen LogP contribution in [0.4, 0.5) is 5.13 Å². The van der Waals surface area contributed by atoms with Crippen LogP contribution in [0.1, 0.15) is 56.1 Å². The number of ketones is 1. The molecule has 9 heteroatoms. The molecular formula is C33H30N2O6S. The van der Waals surface area contributed by atoms with Gasteiger partial charge in [0.2, 0.25) is 0 Å². The van der Waals surface area contributed by atoms with Gasteiger partial charge in [-0.1, -0.05) is 71.0 Å². The first-order valence-electron chi connectivity index (χ1n) is 13.5. The average Bonchev–Trinajstić information content (AvgIpc) is 3.48. The lowest BCUT2D eigenvalue weighted by molar-refractivity contribution is -0.132. The zero-order valence-electron chi connectivity index (χ0n) is 23.7. The lowest BCUT2D eigenvalue weighted by Gasteiger charge is -2.23. The number of aromatic nitrogens is 1. The molecule has 0 bridgehead atoms. The fraction of sp³-hybridized carbons (Fsp3) is 0.212. The Balaban J connectivity index is 1.52. The van der Waals surface area contributed by atoms with Crippen molar-refractivity contribution < 1.29 is 29.0 Å². The third kappa shape index (κ3) is 5.69. The maximum Gasteiger partial charge on any atom is 0.350 e. The minimum atomic E-state index is -0.955. The molecule has 1 atom stereocenters. The normalized spacial score (nSPS) is 16.1. The van der Waals surface area contributed by atoms with Crippen LogP contribution in [0.25, 0.3) is 5.76 Å². The molecule has 3 aromatic carbocycles. The minimum Gasteiger partial charge on any atom is -0.507 e. The van der Waals surface area contributed by atoms with Crippen LogP contribution in [-0.4, -0.2) is 34.4 Å². The van der Waals surface area contributed by atoms with Crippen molar-refractivity contribution in [1.29, 1.82) is 0 Å². The van der Waals surface area contributed by atoms with Crippen molar-refractivity contribution in [2.24, 2.45) is 0 Å². The third-order valence-electron chi connectivity index (χ3n) is 6.91. The van der Waals surface area contributed by atoms with Crippen LogP contribution >= 0.6 is 11.3 Å². The fourth-order valence-electron chi connectivity index (χ4n) is 4.80. The van der Waals surface area contributed by atoms with Crippen LogP contribution in [-0.2, 0) is 20.9 Å². The number of nitrogens with zero attached hydrogens (tertiary/aromatic N) is 2. The number of Topliss-reactive ketones (excluding diaryl/α,β-unsaturated/α-hetero) is 1. The van der Waals surface area contributed by atoms with Crippen LogP contribution in [0.5, 0.6) is 5.75 Å². The highest BCUT2D eigenvalue weighted by Crippen LogP contribution is 2.44. The van der Waals surface area contributed by atoms with E-state index >= 15 is 0 Å². The van der Waals surface area contributed by atoms with Crippen LogP contribution in [0.3, 0.4) is 0 Å². The van der Waals surface area contributed by atoms with E-state index in [2.05, 4.69) is 4.98 Å². The standard InChI is InChI=1S/C33H30N2O6S/c1-5-40-32(39)30-21(4)34-33(42-30)35-27(23-11-9-19(2)10-12-23)26(29(37)31(35)38)28(36)24-13-15-25(16-14-24)41-18-22-8-6-7-20(3)17-22/h6-17,27,36H,5,18H2,1-4H3/t27-/m1/s1. The summed E-state index contributed by atoms with van der Waals surface area (Å²) < 4.78 is 11.0. The van der Waals surface area contributed by atoms with Gasteiger partial charge in [0.15, 0.2) is 5.13 Å². The smallest absolute Gasteiger partial charge is 0.350 e. The molecule has 42 heavy (non-hydrogen) atoms. The van der Waals surface area contributed by atoms with Gasteiger partial charge < -0.3 is 14.6 Å². The summed E-state index contributed by atoms with van der Waals surface area (Å²) in [4.78, 5) is 45.4. The Hall–Kier alpha value is -4.76. The number of thiazole rings is 1. The van der Waals surface area contributed by atoms with Crippen molar-refractivity contribution in [2.75, 3.05) is 11.5 Å². The summed E-state index contributed by atoms with van der Waals surface area (Å²) in [5.74, 6) is -1.96. The van der Waals surface area contributed by atoms with Crippen LogP contribution in [0, 0.1) is 20.8 Å². The van der Waals surface area contributed by atoms with E-state index in [9.17, 15) is 19.5 Å². The van der Waals surface area contributed by atoms with Gasteiger partial charge >= 0.3 is 11.9 Å². The molecule has 1 saturated heterocycles. The summed E-state index contributed by atoms with van der Waals surface area (Å²) in [5, 5.41) is 11.6. The number of aliphatic hydroxyl groups excluding tert-OH is 1. The topological polar surface area (TPSA) is 106 Å². The molecule has 0 radical (unpaired) electrons. The predicted octanol–water partition coefficient (Wildman–Crippen LogP) is 6.45. The molecule has 1 fully saturated rings. The maximum absolute atomic E-state index is 13.5. The Morgan fingerprint density at radius 3 is 2.36 bits per heavy atom. The number of esters is 1. The first-order valence-corrected chi connectivity index (χ1v) is 14.3. The number of aryl methyl sites for hydroxylation is 3. The molecule has 1 N–H and O–H groups in total. The van der Waals surface area contributed by atoms with Crippen LogP contribution in [0.15, 0.2) is 78.4 Å². The molecule has 0 unspecified atom stereocenters. The summed E-state index contributed by atoms with van der Waals surface area (Å²) in [6, 6.07) is 21.1. The Morgan fingerprint density at radius 1 is 0.976 bits per heavy atom. The van der Waals surface area contributed by atoms with Gasteiger partial charge in [0, 0.05) is 5.56 Å². The lowest BCUT2D eigenvalue weighted by atomic mass is 9.95. The molecular weight excluding hydrogens is 552 g/mol. The molecule has 0 spiro atoms. The van der Waals surface area contributed by atoms with E-state index < -0.39 is 23.7 Å². The van der Waals surface area contributed by atoms with Gasteiger partial charge in [0.05, 0.1) is 23.9 Å². The molecule has 1 aromatic heterocycles. The molecule has 4 aromatic rings. The van der Waals surface area contributed by atoms with Crippen LogP contribution < -0.4 is 9.64 Å². The van der Waals surface area contributed by atoms with Crippen molar-refractivity contribution in [3.05, 3.63) is 117 Å². The van der Waals surface area contributed by atoms with Crippen molar-refractivity contribution in [2.45, 2.75) is 40.3 Å². The van der Waals surface area contributed by atoms with E-state index in [1.54, 1.807) is 50.2 Å². The van der Waals surface area contributed by atoms with Gasteiger partial charge in [0.1, 0.15) is 23.0 Å². The number of rotatable bonds is 8. The van der Waals surface area contributed by atoms with Crippen molar-refractivity contribution in [3.8, 4) is 5.75 Å². The molecule has 0 aliphatic carbocycles. The number of ether oxygens (including phenoxy) is 2. The van der Waals surface area contributed by atoms with Gasteiger partial charge in [-0.15, -0.1) is 0 Å². The van der Waals surface area contributed by atoms with Gasteiger partial charge in [-0.25, -0.2) is 9.78 Å². The highest BCUT2D eigenvalue weighted by atomic mass is 32.1. The summed E-state index contributed by atoms with van der Waals surface area (Å²) in [7, 11) is 0. The van der Waals surface area contributed by atoms with Crippen LogP contribution in [0.2, 0.25) is 0 Å². The molecule has 8 nitrogen and oxygen atoms in total. The second kappa shape index (κ2) is 12.0. The minimum absolute atomic E-state index is 0.0668. The summed E-state index contributed by atoms with van der Waals surface area (Å²) >= 11 is 0.975. The first-order chi connectivity index (χ1) is 20.2. The molecule has 1 amide bonds. The Morgan fingerprint density at radius 2 is 1.69 bits per heavy atom. The second-order valence-electron chi connectivity index (χ2n) is 10.0. The van der Waals surface area contributed by atoms with Gasteiger partial charge in [-0.05, 0) is 63.1 Å². The number of carbonyl (C=O) groups is 3. The van der Waals surface area contributed by atoms with Gasteiger partial charge in [-0.3, -0.25) is 14.5 Å². The van der Waals surface area contributed by atoms with Crippen molar-refractivity contribution >= 4 is 39.9 Å². The molecule has 0 saturated carbocycles. The number of anilines is 1. The van der Waals surface area contributed by atoms with E-state index in [-0.39, 0.29) is 27.9 Å². The molecule has 5 rings (SSSR count). The summed E-state index contributed by atoms with van der Waals surface area (Å²) in [5.41, 5.74) is 4.46. The quantitative estimate of drug-likeness (QED) is 0.110. The Labute approximate surface area is 247 Å². The zero-order chi connectivity index (χ0) is 30.0. The predicted molar refractivity (Wildman–Crippen MR) is 161 cm³/mol. The van der Waals surface area contributed by atoms with Crippen molar-refractivity contribution in [3.63, 3.8) is 0 Å². The van der Waals surface area contributed by atoms with E-state index in [1.807, 2.05) is 50.2 Å². The first kappa shape index (κ1) is 28.8. The molecule has 1 aliphatic rings. The lowest BCUT2D eigenvalue weighted by Crippen LogP contribution is -2.29.